The number of hydrogen-bond donors (Lipinski definition) is 3. The van der Waals surface area contributed by atoms with Crippen molar-refractivity contribution in [2.75, 3.05) is 20.1 Å². The van der Waals surface area contributed by atoms with Crippen molar-refractivity contribution in [1.82, 2.24) is 15.6 Å². The molecular weight excluding hydrogens is 194 g/mol. The number of nitrogens with two attached hydrogens (primary N) is 1. The molecule has 0 aliphatic carbocycles. The van der Waals surface area contributed by atoms with Crippen LogP contribution in [0.5, 0.6) is 0 Å². The number of nitrogens with one attached hydrogen (secondary N) is 2. The van der Waals surface area contributed by atoms with Crippen molar-refractivity contribution in [3.63, 3.8) is 0 Å². The number of aliphatic imine (C=N–C) groups is 1. The van der Waals surface area contributed by atoms with Crippen molar-refractivity contribution in [3.05, 3.63) is 0 Å². The van der Waals surface area contributed by atoms with Gasteiger partial charge in [-0.1, -0.05) is 0 Å². The van der Waals surface area contributed by atoms with E-state index in [9.17, 15) is 4.79 Å². The van der Waals surface area contributed by atoms with Gasteiger partial charge in [-0.25, -0.2) is 5.84 Å². The van der Waals surface area contributed by atoms with E-state index in [-0.39, 0.29) is 11.9 Å². The molecule has 0 aromatic rings. The van der Waals surface area contributed by atoms with Crippen molar-refractivity contribution >= 4 is 11.9 Å². The van der Waals surface area contributed by atoms with Gasteiger partial charge in [0.25, 0.3) is 0 Å². The predicted molar refractivity (Wildman–Crippen MR) is 59.1 cm³/mol. The maximum Gasteiger partial charge on any atom is 0.222 e. The van der Waals surface area contributed by atoms with Crippen LogP contribution >= 0.6 is 0 Å². The Morgan fingerprint density at radius 3 is 3.00 bits per heavy atom. The Bertz CT molecular complexity index is 253. The van der Waals surface area contributed by atoms with Crippen LogP contribution in [0.1, 0.15) is 19.8 Å². The number of guanidine groups is 1. The molecule has 0 radical (unpaired) electrons. The molecule has 1 rings (SSSR count). The fourth-order valence-electron chi connectivity index (χ4n) is 1.61. The number of likely N-dealkylation sites (N-methyl/N-ethyl adjacent to an activating group) is 1. The van der Waals surface area contributed by atoms with Gasteiger partial charge in [0, 0.05) is 32.6 Å². The number of carbonyl (C=O) groups is 1. The lowest BCUT2D eigenvalue weighted by atomic mass is 10.1. The molecule has 0 aromatic heterocycles. The molecule has 6 heteroatoms. The van der Waals surface area contributed by atoms with Crippen LogP contribution < -0.4 is 16.6 Å². The third-order valence-electron chi connectivity index (χ3n) is 2.42. The highest BCUT2D eigenvalue weighted by atomic mass is 16.2. The maximum atomic E-state index is 11.2. The Hall–Kier alpha value is -1.30. The van der Waals surface area contributed by atoms with Crippen molar-refractivity contribution < 1.29 is 4.79 Å². The van der Waals surface area contributed by atoms with E-state index < -0.39 is 0 Å². The lowest BCUT2D eigenvalue weighted by Crippen LogP contribution is -2.53. The zero-order valence-electron chi connectivity index (χ0n) is 9.29. The molecule has 1 amide bonds. The summed E-state index contributed by atoms with van der Waals surface area (Å²) in [6, 6.07) is 0.231. The molecule has 1 aliphatic heterocycles. The average molecular weight is 213 g/mol. The number of likely N-dealkylation sites (tertiary alicyclic amines) is 1. The summed E-state index contributed by atoms with van der Waals surface area (Å²) >= 11 is 0. The molecule has 1 heterocycles. The van der Waals surface area contributed by atoms with Gasteiger partial charge in [-0.05, 0) is 13.3 Å². The first kappa shape index (κ1) is 11.8. The maximum absolute atomic E-state index is 11.2. The van der Waals surface area contributed by atoms with E-state index in [0.29, 0.717) is 25.5 Å². The Morgan fingerprint density at radius 2 is 2.47 bits per heavy atom. The van der Waals surface area contributed by atoms with Crippen molar-refractivity contribution in [1.29, 1.82) is 0 Å². The molecule has 0 bridgehead atoms. The van der Waals surface area contributed by atoms with Crippen molar-refractivity contribution in [3.8, 4) is 0 Å². The second-order valence-corrected chi connectivity index (χ2v) is 3.62. The average Bonchev–Trinajstić information content (AvgIpc) is 2.23. The number of hydrazine groups is 1. The zero-order chi connectivity index (χ0) is 11.3. The third-order valence-corrected chi connectivity index (χ3v) is 2.42. The first-order valence-electron chi connectivity index (χ1n) is 5.19. The molecule has 0 spiro atoms. The van der Waals surface area contributed by atoms with Crippen LogP contribution in [0, 0.1) is 0 Å². The van der Waals surface area contributed by atoms with E-state index in [2.05, 4.69) is 15.7 Å². The van der Waals surface area contributed by atoms with Crippen LogP contribution in [0.2, 0.25) is 0 Å². The summed E-state index contributed by atoms with van der Waals surface area (Å²) in [4.78, 5) is 17.1. The minimum absolute atomic E-state index is 0.197. The van der Waals surface area contributed by atoms with Gasteiger partial charge < -0.3 is 10.2 Å². The summed E-state index contributed by atoms with van der Waals surface area (Å²) in [5.74, 6) is 6.10. The SMILES string of the molecule is CCN=C(NN)NC1CCC(=O)N(C)C1. The highest BCUT2D eigenvalue weighted by molar-refractivity contribution is 5.80. The molecule has 1 aliphatic rings. The molecule has 1 atom stereocenters. The van der Waals surface area contributed by atoms with Gasteiger partial charge in [-0.3, -0.25) is 15.2 Å². The summed E-state index contributed by atoms with van der Waals surface area (Å²) in [6.45, 7) is 3.31. The number of piperidine rings is 1. The number of amides is 1. The fraction of sp³-hybridized carbons (Fsp3) is 0.778. The van der Waals surface area contributed by atoms with Gasteiger partial charge >= 0.3 is 0 Å². The largest absolute Gasteiger partial charge is 0.351 e. The van der Waals surface area contributed by atoms with Gasteiger partial charge in [-0.2, -0.15) is 0 Å². The molecule has 4 N–H and O–H groups in total. The van der Waals surface area contributed by atoms with Crippen molar-refractivity contribution in [2.45, 2.75) is 25.8 Å². The lowest BCUT2D eigenvalue weighted by molar-refractivity contribution is -0.132. The zero-order valence-corrected chi connectivity index (χ0v) is 9.29. The number of rotatable bonds is 2. The standard InChI is InChI=1S/C9H19N5O/c1-3-11-9(13-10)12-7-4-5-8(15)14(2)6-7/h7H,3-6,10H2,1-2H3,(H2,11,12,13). The highest BCUT2D eigenvalue weighted by Gasteiger charge is 2.23. The molecule has 0 saturated carbocycles. The predicted octanol–water partition coefficient (Wildman–Crippen LogP) is -0.964. The monoisotopic (exact) mass is 213 g/mol. The topological polar surface area (TPSA) is 82.7 Å². The van der Waals surface area contributed by atoms with E-state index in [4.69, 9.17) is 5.84 Å². The van der Waals surface area contributed by atoms with Crippen LogP contribution in [-0.4, -0.2) is 42.9 Å². The van der Waals surface area contributed by atoms with Crippen molar-refractivity contribution in [2.24, 2.45) is 10.8 Å². The minimum atomic E-state index is 0.197. The summed E-state index contributed by atoms with van der Waals surface area (Å²) in [5.41, 5.74) is 2.51. The summed E-state index contributed by atoms with van der Waals surface area (Å²) in [5, 5.41) is 3.18. The van der Waals surface area contributed by atoms with Gasteiger partial charge in [-0.15, -0.1) is 0 Å². The van der Waals surface area contributed by atoms with Crippen LogP contribution in [0.25, 0.3) is 0 Å². The molecule has 1 unspecified atom stereocenters. The summed E-state index contributed by atoms with van der Waals surface area (Å²) in [7, 11) is 1.81. The first-order chi connectivity index (χ1) is 7.17. The number of nitrogens with zero attached hydrogens (tertiary/aromatic N) is 2. The fourth-order valence-corrected chi connectivity index (χ4v) is 1.61. The molecule has 1 fully saturated rings. The number of carbonyl (C=O) groups excluding carboxylic acids is 1. The molecule has 0 aromatic carbocycles. The molecule has 6 nitrogen and oxygen atoms in total. The van der Waals surface area contributed by atoms with E-state index in [1.165, 1.54) is 0 Å². The van der Waals surface area contributed by atoms with Gasteiger partial charge in [0.05, 0.1) is 0 Å². The van der Waals surface area contributed by atoms with E-state index in [1.807, 2.05) is 14.0 Å². The molecule has 1 saturated heterocycles. The van der Waals surface area contributed by atoms with E-state index in [1.54, 1.807) is 4.90 Å². The summed E-state index contributed by atoms with van der Waals surface area (Å²) < 4.78 is 0. The third kappa shape index (κ3) is 3.39. The quantitative estimate of drug-likeness (QED) is 0.239. The number of hydrogen-bond acceptors (Lipinski definition) is 3. The van der Waals surface area contributed by atoms with Gasteiger partial charge in [0.15, 0.2) is 0 Å². The van der Waals surface area contributed by atoms with Gasteiger partial charge in [0.2, 0.25) is 11.9 Å². The Labute approximate surface area is 89.9 Å². The first-order valence-corrected chi connectivity index (χ1v) is 5.19. The Kier molecular flexibility index (Phi) is 4.36. The van der Waals surface area contributed by atoms with Gasteiger partial charge in [0.1, 0.15) is 0 Å². The van der Waals surface area contributed by atoms with E-state index in [0.717, 1.165) is 6.42 Å². The lowest BCUT2D eigenvalue weighted by Gasteiger charge is -2.30. The van der Waals surface area contributed by atoms with Crippen LogP contribution in [0.4, 0.5) is 0 Å². The Morgan fingerprint density at radius 1 is 1.73 bits per heavy atom. The van der Waals surface area contributed by atoms with Crippen LogP contribution in [0.3, 0.4) is 0 Å². The molecule has 15 heavy (non-hydrogen) atoms. The minimum Gasteiger partial charge on any atom is -0.351 e. The smallest absolute Gasteiger partial charge is 0.222 e. The van der Waals surface area contributed by atoms with Crippen LogP contribution in [0.15, 0.2) is 4.99 Å². The second-order valence-electron chi connectivity index (χ2n) is 3.62. The highest BCUT2D eigenvalue weighted by Crippen LogP contribution is 2.09. The second kappa shape index (κ2) is 5.55. The molecular formula is C9H19N5O. The Balaban J connectivity index is 2.45. The van der Waals surface area contributed by atoms with Crippen LogP contribution in [-0.2, 0) is 4.79 Å². The summed E-state index contributed by atoms with van der Waals surface area (Å²) in [6.07, 6.45) is 1.41. The normalized spacial score (nSPS) is 22.9. The van der Waals surface area contributed by atoms with E-state index >= 15 is 0 Å². The molecule has 86 valence electrons.